The number of nitrogens with one attached hydrogen (secondary N) is 1. The highest BCUT2D eigenvalue weighted by Crippen LogP contribution is 2.31. The molecule has 0 radical (unpaired) electrons. The maximum absolute atomic E-state index is 13.6. The lowest BCUT2D eigenvalue weighted by atomic mass is 9.97. The van der Waals surface area contributed by atoms with Crippen LogP contribution >= 0.6 is 0 Å². The Labute approximate surface area is 194 Å². The fraction of sp³-hybridized carbons (Fsp3) is 0.391. The van der Waals surface area contributed by atoms with Crippen LogP contribution in [0.4, 0.5) is 4.79 Å². The summed E-state index contributed by atoms with van der Waals surface area (Å²) in [5, 5.41) is 2.37. The summed E-state index contributed by atoms with van der Waals surface area (Å²) in [6.45, 7) is -0.253. The first-order chi connectivity index (χ1) is 15.7. The summed E-state index contributed by atoms with van der Waals surface area (Å²) < 4.78 is 39.0. The molecule has 0 saturated carbocycles. The maximum atomic E-state index is 13.6. The van der Waals surface area contributed by atoms with E-state index in [1.54, 1.807) is 32.3 Å². The van der Waals surface area contributed by atoms with Gasteiger partial charge in [0.25, 0.3) is 15.9 Å². The number of benzene rings is 1. The number of rotatable bonds is 8. The third-order valence-corrected chi connectivity index (χ3v) is 6.93. The van der Waals surface area contributed by atoms with Crippen molar-refractivity contribution in [3.63, 3.8) is 0 Å². The van der Waals surface area contributed by atoms with Crippen LogP contribution in [-0.2, 0) is 26.2 Å². The van der Waals surface area contributed by atoms with E-state index in [2.05, 4.69) is 11.4 Å². The number of likely N-dealkylation sites (N-methyl/N-ethyl adjacent to an activating group) is 1. The number of hydrogen-bond acceptors (Lipinski definition) is 6. The first-order valence-electron chi connectivity index (χ1n) is 10.7. The van der Waals surface area contributed by atoms with E-state index in [-0.39, 0.29) is 29.8 Å². The highest BCUT2D eigenvalue weighted by atomic mass is 32.2. The van der Waals surface area contributed by atoms with Crippen molar-refractivity contribution in [3.8, 4) is 5.75 Å². The van der Waals surface area contributed by atoms with E-state index >= 15 is 0 Å². The van der Waals surface area contributed by atoms with Gasteiger partial charge in [0.15, 0.2) is 6.61 Å². The average Bonchev–Trinajstić information content (AvgIpc) is 3.27. The van der Waals surface area contributed by atoms with Crippen LogP contribution in [0.15, 0.2) is 47.5 Å². The lowest BCUT2D eigenvalue weighted by Crippen LogP contribution is -2.27. The molecule has 0 bridgehead atoms. The number of allylic oxidation sites excluding steroid dienone is 2. The van der Waals surface area contributed by atoms with E-state index in [0.717, 1.165) is 31.3 Å². The van der Waals surface area contributed by atoms with Gasteiger partial charge in [-0.1, -0.05) is 12.1 Å². The monoisotopic (exact) mass is 475 g/mol. The summed E-state index contributed by atoms with van der Waals surface area (Å²) in [6, 6.07) is 7.80. The zero-order valence-corrected chi connectivity index (χ0v) is 19.9. The molecular formula is C23H29N3O6S. The lowest BCUT2D eigenvalue weighted by Gasteiger charge is -2.16. The molecule has 9 nitrogen and oxygen atoms in total. The van der Waals surface area contributed by atoms with Crippen molar-refractivity contribution in [1.29, 1.82) is 0 Å². The minimum atomic E-state index is -3.98. The molecule has 1 aliphatic rings. The van der Waals surface area contributed by atoms with Crippen LogP contribution in [0.2, 0.25) is 0 Å². The second-order valence-electron chi connectivity index (χ2n) is 7.89. The average molecular weight is 476 g/mol. The summed E-state index contributed by atoms with van der Waals surface area (Å²) >= 11 is 0. The summed E-state index contributed by atoms with van der Waals surface area (Å²) in [5.41, 5.74) is 2.06. The van der Waals surface area contributed by atoms with Gasteiger partial charge in [0, 0.05) is 39.0 Å². The van der Waals surface area contributed by atoms with Gasteiger partial charge in [-0.3, -0.25) is 4.79 Å². The molecule has 1 aromatic heterocycles. The Balaban J connectivity index is 1.95. The van der Waals surface area contributed by atoms with Crippen molar-refractivity contribution in [3.05, 3.63) is 53.9 Å². The zero-order chi connectivity index (χ0) is 24.0. The molecule has 0 fully saturated rings. The molecular weight excluding hydrogens is 446 g/mol. The third kappa shape index (κ3) is 5.95. The van der Waals surface area contributed by atoms with Crippen molar-refractivity contribution < 1.29 is 27.5 Å². The Bertz CT molecular complexity index is 1150. The van der Waals surface area contributed by atoms with Crippen LogP contribution in [0.3, 0.4) is 0 Å². The highest BCUT2D eigenvalue weighted by Gasteiger charge is 2.24. The smallest absolute Gasteiger partial charge is 0.407 e. The fourth-order valence-electron chi connectivity index (χ4n) is 3.41. The van der Waals surface area contributed by atoms with E-state index in [1.165, 1.54) is 34.2 Å². The van der Waals surface area contributed by atoms with Gasteiger partial charge in [-0.25, -0.2) is 17.2 Å². The van der Waals surface area contributed by atoms with Gasteiger partial charge >= 0.3 is 6.09 Å². The molecule has 33 heavy (non-hydrogen) atoms. The second-order valence-corrected chi connectivity index (χ2v) is 9.70. The van der Waals surface area contributed by atoms with Crippen molar-refractivity contribution in [2.24, 2.45) is 0 Å². The molecule has 2 amide bonds. The molecule has 0 aliphatic heterocycles. The fourth-order valence-corrected chi connectivity index (χ4v) is 4.86. The Morgan fingerprint density at radius 2 is 1.97 bits per heavy atom. The number of carbonyl (C=O) groups excluding carboxylic acids is 2. The Morgan fingerprint density at radius 3 is 2.64 bits per heavy atom. The molecule has 10 heteroatoms. The number of nitrogens with zero attached hydrogens (tertiary/aromatic N) is 2. The quantitative estimate of drug-likeness (QED) is 0.629. The molecule has 1 aromatic carbocycles. The van der Waals surface area contributed by atoms with Gasteiger partial charge in [-0.05, 0) is 49.5 Å². The standard InChI is InChI=1S/C23H29N3O6S/c1-24-23(28)32-15-17-12-21(18-8-5-4-6-9-18)26(14-17)33(29,30)20-11-7-10-19(13-20)31-16-22(27)25(2)3/h7-8,10-14H,4-6,9,15-16H2,1-3H3,(H,24,28). The Hall–Kier alpha value is -3.27. The minimum absolute atomic E-state index is 0.0318. The third-order valence-electron chi connectivity index (χ3n) is 5.26. The van der Waals surface area contributed by atoms with Gasteiger partial charge in [-0.15, -0.1) is 0 Å². The first-order valence-corrected chi connectivity index (χ1v) is 12.1. The van der Waals surface area contributed by atoms with Gasteiger partial charge in [-0.2, -0.15) is 0 Å². The van der Waals surface area contributed by atoms with Crippen LogP contribution < -0.4 is 10.1 Å². The zero-order valence-electron chi connectivity index (χ0n) is 19.0. The van der Waals surface area contributed by atoms with Crippen LogP contribution in [0.5, 0.6) is 5.75 Å². The number of alkyl carbamates (subject to hydrolysis) is 1. The Kier molecular flexibility index (Phi) is 7.80. The first kappa shape index (κ1) is 24.4. The van der Waals surface area contributed by atoms with E-state index in [4.69, 9.17) is 9.47 Å². The number of amides is 2. The highest BCUT2D eigenvalue weighted by molar-refractivity contribution is 7.90. The molecule has 3 rings (SSSR count). The summed E-state index contributed by atoms with van der Waals surface area (Å²) in [6.07, 6.45) is 6.63. The van der Waals surface area contributed by atoms with Gasteiger partial charge in [0.1, 0.15) is 12.4 Å². The van der Waals surface area contributed by atoms with Crippen LogP contribution in [0.1, 0.15) is 36.9 Å². The lowest BCUT2D eigenvalue weighted by molar-refractivity contribution is -0.130. The molecule has 0 spiro atoms. The number of carbonyl (C=O) groups is 2. The predicted octanol–water partition coefficient (Wildman–Crippen LogP) is 3.01. The van der Waals surface area contributed by atoms with Crippen LogP contribution in [0.25, 0.3) is 5.57 Å². The molecule has 178 valence electrons. The van der Waals surface area contributed by atoms with Crippen molar-refractivity contribution >= 4 is 27.6 Å². The van der Waals surface area contributed by atoms with Crippen molar-refractivity contribution in [2.45, 2.75) is 37.2 Å². The van der Waals surface area contributed by atoms with E-state index in [0.29, 0.717) is 11.3 Å². The maximum Gasteiger partial charge on any atom is 0.407 e. The molecule has 0 unspecified atom stereocenters. The van der Waals surface area contributed by atoms with Gasteiger partial charge in [0.05, 0.1) is 10.6 Å². The summed E-state index contributed by atoms with van der Waals surface area (Å²) in [7, 11) is 0.714. The number of aromatic nitrogens is 1. The molecule has 0 atom stereocenters. The van der Waals surface area contributed by atoms with Gasteiger partial charge in [0.2, 0.25) is 0 Å². The van der Waals surface area contributed by atoms with E-state index < -0.39 is 16.1 Å². The second kappa shape index (κ2) is 10.6. The summed E-state index contributed by atoms with van der Waals surface area (Å²) in [5.74, 6) is 0.0426. The molecule has 2 aromatic rings. The van der Waals surface area contributed by atoms with E-state index in [9.17, 15) is 18.0 Å². The van der Waals surface area contributed by atoms with Crippen LogP contribution in [-0.4, -0.2) is 57.0 Å². The molecule has 1 aliphatic carbocycles. The molecule has 0 saturated heterocycles. The number of hydrogen-bond donors (Lipinski definition) is 1. The van der Waals surface area contributed by atoms with E-state index in [1.807, 2.05) is 0 Å². The van der Waals surface area contributed by atoms with Gasteiger partial charge < -0.3 is 19.7 Å². The Morgan fingerprint density at radius 1 is 1.18 bits per heavy atom. The van der Waals surface area contributed by atoms with Crippen molar-refractivity contribution in [2.75, 3.05) is 27.7 Å². The normalized spacial score (nSPS) is 13.7. The molecule has 1 N–H and O–H groups in total. The van der Waals surface area contributed by atoms with Crippen molar-refractivity contribution in [1.82, 2.24) is 14.2 Å². The summed E-state index contributed by atoms with van der Waals surface area (Å²) in [4.78, 5) is 24.7. The largest absolute Gasteiger partial charge is 0.484 e. The minimum Gasteiger partial charge on any atom is -0.484 e. The number of ether oxygens (including phenoxy) is 2. The predicted molar refractivity (Wildman–Crippen MR) is 123 cm³/mol. The SMILES string of the molecule is CNC(=O)OCc1cc(C2=CCCCC2)n(S(=O)(=O)c2cccc(OCC(=O)N(C)C)c2)c1. The molecule has 1 heterocycles. The van der Waals surface area contributed by atoms with Crippen LogP contribution in [0, 0.1) is 0 Å². The topological polar surface area (TPSA) is 107 Å².